The summed E-state index contributed by atoms with van der Waals surface area (Å²) in [5.74, 6) is 1.55. The van der Waals surface area contributed by atoms with Crippen molar-refractivity contribution in [1.29, 1.82) is 5.26 Å². The second kappa shape index (κ2) is 16.3. The monoisotopic (exact) mass is 435 g/mol. The van der Waals surface area contributed by atoms with E-state index in [4.69, 9.17) is 15.0 Å². The van der Waals surface area contributed by atoms with Crippen LogP contribution in [0, 0.1) is 17.2 Å². The maximum Gasteiger partial charge on any atom is 0.163 e. The van der Waals surface area contributed by atoms with Crippen LogP contribution in [0.25, 0.3) is 11.4 Å². The Bertz CT molecular complexity index is 799. The lowest BCUT2D eigenvalue weighted by atomic mass is 10.1. The highest BCUT2D eigenvalue weighted by Gasteiger charge is 2.11. The van der Waals surface area contributed by atoms with Gasteiger partial charge in [-0.2, -0.15) is 5.26 Å². The normalized spacial score (nSPS) is 11.8. The fourth-order valence-corrected chi connectivity index (χ4v) is 3.91. The lowest BCUT2D eigenvalue weighted by Crippen LogP contribution is -2.06. The van der Waals surface area contributed by atoms with Crippen LogP contribution in [0.3, 0.4) is 0 Å². The molecule has 0 radical (unpaired) electrons. The highest BCUT2D eigenvalue weighted by atomic mass is 16.5. The third-order valence-corrected chi connectivity index (χ3v) is 6.03. The Kier molecular flexibility index (Phi) is 13.1. The molecule has 0 aliphatic carbocycles. The average molecular weight is 436 g/mol. The van der Waals surface area contributed by atoms with Crippen LogP contribution < -0.4 is 4.74 Å². The molecule has 2 aromatic rings. The van der Waals surface area contributed by atoms with Gasteiger partial charge in [-0.15, -0.1) is 0 Å². The Balaban J connectivity index is 1.78. The molecule has 0 saturated heterocycles. The zero-order valence-corrected chi connectivity index (χ0v) is 20.2. The number of aromatic nitrogens is 2. The van der Waals surface area contributed by atoms with Gasteiger partial charge in [0, 0.05) is 17.8 Å². The van der Waals surface area contributed by atoms with Crippen LogP contribution in [0.4, 0.5) is 0 Å². The van der Waals surface area contributed by atoms with Crippen molar-refractivity contribution in [2.24, 2.45) is 5.92 Å². The molecule has 4 nitrogen and oxygen atoms in total. The Morgan fingerprint density at radius 3 is 2.28 bits per heavy atom. The van der Waals surface area contributed by atoms with Crippen LogP contribution in [0.2, 0.25) is 0 Å². The molecule has 0 saturated carbocycles. The summed E-state index contributed by atoms with van der Waals surface area (Å²) in [6.07, 6.45) is 17.9. The molecule has 1 aromatic carbocycles. The highest BCUT2D eigenvalue weighted by molar-refractivity contribution is 5.63. The molecule has 4 heteroatoms. The number of rotatable bonds is 17. The van der Waals surface area contributed by atoms with Crippen molar-refractivity contribution in [2.45, 2.75) is 97.3 Å². The first kappa shape index (κ1) is 25.8. The number of nitriles is 1. The number of para-hydroxylation sites is 1. The molecule has 1 heterocycles. The Labute approximate surface area is 195 Å². The summed E-state index contributed by atoms with van der Waals surface area (Å²) in [5.41, 5.74) is 2.02. The van der Waals surface area contributed by atoms with E-state index in [-0.39, 0.29) is 5.92 Å². The zero-order chi connectivity index (χ0) is 22.9. The van der Waals surface area contributed by atoms with Gasteiger partial charge in [-0.1, -0.05) is 83.8 Å². The van der Waals surface area contributed by atoms with Gasteiger partial charge in [0.1, 0.15) is 5.75 Å². The van der Waals surface area contributed by atoms with Crippen molar-refractivity contribution in [3.8, 4) is 23.2 Å². The first-order chi connectivity index (χ1) is 15.8. The van der Waals surface area contributed by atoms with Gasteiger partial charge in [0.25, 0.3) is 0 Å². The van der Waals surface area contributed by atoms with E-state index < -0.39 is 0 Å². The summed E-state index contributed by atoms with van der Waals surface area (Å²) in [4.78, 5) is 9.31. The van der Waals surface area contributed by atoms with E-state index in [0.29, 0.717) is 6.61 Å². The summed E-state index contributed by atoms with van der Waals surface area (Å²) in [6, 6.07) is 12.3. The minimum atomic E-state index is 0.0443. The van der Waals surface area contributed by atoms with E-state index >= 15 is 0 Å². The number of nitrogens with zero attached hydrogens (tertiary/aromatic N) is 3. The molecule has 0 bridgehead atoms. The number of unbranched alkanes of at least 4 members (excludes halogenated alkanes) is 9. The van der Waals surface area contributed by atoms with Gasteiger partial charge < -0.3 is 4.74 Å². The van der Waals surface area contributed by atoms with E-state index in [2.05, 4.69) is 18.0 Å². The molecule has 1 aromatic heterocycles. The Morgan fingerprint density at radius 1 is 0.906 bits per heavy atom. The van der Waals surface area contributed by atoms with E-state index in [9.17, 15) is 0 Å². The standard InChI is InChI=1S/C28H41N3O/c1-3-5-6-7-8-9-10-11-12-13-16-25-19-21-30-28(31-25)26-17-14-15-18-27(26)32-22-20-24(4-2)23-29/h14-15,17-19,21,24H,3-13,16,20,22H2,1-2H3. The Morgan fingerprint density at radius 2 is 1.59 bits per heavy atom. The van der Waals surface area contributed by atoms with Crippen LogP contribution in [0.15, 0.2) is 36.5 Å². The SMILES string of the molecule is CCCCCCCCCCCCc1ccnc(-c2ccccc2OCCC(C#N)CC)n1. The highest BCUT2D eigenvalue weighted by Crippen LogP contribution is 2.27. The van der Waals surface area contributed by atoms with Crippen LogP contribution in [-0.2, 0) is 6.42 Å². The number of ether oxygens (including phenoxy) is 1. The molecule has 174 valence electrons. The molecule has 0 fully saturated rings. The number of benzene rings is 1. The molecule has 0 aliphatic rings. The number of hydrogen-bond acceptors (Lipinski definition) is 4. The fourth-order valence-electron chi connectivity index (χ4n) is 3.91. The van der Waals surface area contributed by atoms with Gasteiger partial charge >= 0.3 is 0 Å². The summed E-state index contributed by atoms with van der Waals surface area (Å²) < 4.78 is 6.00. The van der Waals surface area contributed by atoms with E-state index in [0.717, 1.165) is 42.1 Å². The molecule has 0 aliphatic heterocycles. The van der Waals surface area contributed by atoms with Gasteiger partial charge in [0.2, 0.25) is 0 Å². The van der Waals surface area contributed by atoms with Crippen molar-refractivity contribution < 1.29 is 4.74 Å². The van der Waals surface area contributed by atoms with Crippen molar-refractivity contribution in [2.75, 3.05) is 6.61 Å². The van der Waals surface area contributed by atoms with E-state index in [1.165, 1.54) is 64.2 Å². The second-order valence-corrected chi connectivity index (χ2v) is 8.67. The number of aryl methyl sites for hydroxylation is 1. The maximum atomic E-state index is 9.13. The average Bonchev–Trinajstić information content (AvgIpc) is 2.83. The quantitative estimate of drug-likeness (QED) is 0.237. The predicted octanol–water partition coefficient (Wildman–Crippen LogP) is 7.93. The third kappa shape index (κ3) is 9.81. The summed E-state index contributed by atoms with van der Waals surface area (Å²) in [6.45, 7) is 4.84. The lowest BCUT2D eigenvalue weighted by molar-refractivity contribution is 0.292. The first-order valence-corrected chi connectivity index (χ1v) is 12.7. The maximum absolute atomic E-state index is 9.13. The van der Waals surface area contributed by atoms with Crippen LogP contribution >= 0.6 is 0 Å². The molecule has 0 amide bonds. The Hall–Kier alpha value is -2.41. The largest absolute Gasteiger partial charge is 0.493 e. The van der Waals surface area contributed by atoms with Gasteiger partial charge in [-0.25, -0.2) is 9.97 Å². The van der Waals surface area contributed by atoms with Gasteiger partial charge in [-0.05, 0) is 43.9 Å². The molecule has 1 atom stereocenters. The van der Waals surface area contributed by atoms with E-state index in [1.807, 2.05) is 43.5 Å². The van der Waals surface area contributed by atoms with Gasteiger partial charge in [0.15, 0.2) is 5.82 Å². The van der Waals surface area contributed by atoms with Crippen LogP contribution in [0.5, 0.6) is 5.75 Å². The fraction of sp³-hybridized carbons (Fsp3) is 0.607. The lowest BCUT2D eigenvalue weighted by Gasteiger charge is -2.12. The third-order valence-electron chi connectivity index (χ3n) is 6.03. The zero-order valence-electron chi connectivity index (χ0n) is 20.2. The molecule has 1 unspecified atom stereocenters. The summed E-state index contributed by atoms with van der Waals surface area (Å²) in [7, 11) is 0. The topological polar surface area (TPSA) is 58.8 Å². The van der Waals surface area contributed by atoms with Gasteiger partial charge in [0.05, 0.1) is 18.2 Å². The molecular formula is C28H41N3O. The minimum absolute atomic E-state index is 0.0443. The molecule has 0 N–H and O–H groups in total. The minimum Gasteiger partial charge on any atom is -0.493 e. The van der Waals surface area contributed by atoms with Crippen molar-refractivity contribution in [3.63, 3.8) is 0 Å². The first-order valence-electron chi connectivity index (χ1n) is 12.7. The van der Waals surface area contributed by atoms with E-state index in [1.54, 1.807) is 0 Å². The predicted molar refractivity (Wildman–Crippen MR) is 133 cm³/mol. The molecule has 32 heavy (non-hydrogen) atoms. The number of hydrogen-bond donors (Lipinski definition) is 0. The molecule has 0 spiro atoms. The molecule has 2 rings (SSSR count). The summed E-state index contributed by atoms with van der Waals surface area (Å²) in [5, 5.41) is 9.13. The summed E-state index contributed by atoms with van der Waals surface area (Å²) >= 11 is 0. The van der Waals surface area contributed by atoms with Gasteiger partial charge in [-0.3, -0.25) is 0 Å². The molecular weight excluding hydrogens is 394 g/mol. The van der Waals surface area contributed by atoms with Crippen LogP contribution in [0.1, 0.15) is 96.6 Å². The second-order valence-electron chi connectivity index (χ2n) is 8.67. The van der Waals surface area contributed by atoms with Crippen molar-refractivity contribution in [1.82, 2.24) is 9.97 Å². The van der Waals surface area contributed by atoms with Crippen LogP contribution in [-0.4, -0.2) is 16.6 Å². The van der Waals surface area contributed by atoms with Crippen molar-refractivity contribution >= 4 is 0 Å². The smallest absolute Gasteiger partial charge is 0.163 e. The van der Waals surface area contributed by atoms with Crippen molar-refractivity contribution in [3.05, 3.63) is 42.2 Å².